The lowest BCUT2D eigenvalue weighted by Gasteiger charge is -2.23. The molecule has 8 rings (SSSR count). The maximum absolute atomic E-state index is 11.4. The molecule has 0 fully saturated rings. The molecule has 0 saturated carbocycles. The summed E-state index contributed by atoms with van der Waals surface area (Å²) in [4.78, 5) is 9.35. The maximum atomic E-state index is 11.4. The minimum atomic E-state index is -0.258. The van der Waals surface area contributed by atoms with Crippen molar-refractivity contribution in [2.75, 3.05) is 0 Å². The van der Waals surface area contributed by atoms with E-state index in [0.29, 0.717) is 11.3 Å². The number of rotatable bonds is 4. The highest BCUT2D eigenvalue weighted by molar-refractivity contribution is 6.64. The van der Waals surface area contributed by atoms with Crippen LogP contribution in [0.4, 0.5) is 0 Å². The zero-order chi connectivity index (χ0) is 31.5. The lowest BCUT2D eigenvalue weighted by Crippen LogP contribution is -2.49. The number of para-hydroxylation sites is 2. The molecule has 4 nitrogen and oxygen atoms in total. The van der Waals surface area contributed by atoms with Crippen molar-refractivity contribution in [2.24, 2.45) is 0 Å². The van der Waals surface area contributed by atoms with Crippen LogP contribution in [-0.2, 0) is 0 Å². The van der Waals surface area contributed by atoms with Gasteiger partial charge in [-0.25, -0.2) is 4.98 Å². The van der Waals surface area contributed by atoms with Crippen LogP contribution in [-0.4, -0.2) is 51.0 Å². The van der Waals surface area contributed by atoms with Gasteiger partial charge in [-0.2, -0.15) is 0 Å². The SMILES string of the molecule is [B]c1c([B])c([B])c(-n2c(-c3c4ccccc4c(-c4cccc(-c5ccncc5)c4)c4ccccc34)nc3ccccc32)c(O)c1[B]. The Morgan fingerprint density at radius 1 is 0.522 bits per heavy atom. The number of benzene rings is 6. The quantitative estimate of drug-likeness (QED) is 0.245. The Bertz CT molecular complexity index is 2410. The van der Waals surface area contributed by atoms with Gasteiger partial charge in [-0.05, 0) is 74.1 Å². The van der Waals surface area contributed by atoms with Gasteiger partial charge in [-0.3, -0.25) is 9.55 Å². The van der Waals surface area contributed by atoms with Gasteiger partial charge in [0.25, 0.3) is 0 Å². The molecule has 0 amide bonds. The standard InChI is InChI=1S/C38H21B4N3O/c39-32-33(40)35(42)37(46)36(34(32)41)45-29-15-6-5-14-28(29)44-38(45)31-26-12-3-1-10-24(26)30(25-11-2-4-13-27(25)31)23-9-7-8-22(20-23)21-16-18-43-19-17-21/h1-20,46H. The zero-order valence-corrected chi connectivity index (χ0v) is 24.6. The van der Waals surface area contributed by atoms with Gasteiger partial charge in [0.1, 0.15) is 43.0 Å². The van der Waals surface area contributed by atoms with E-state index in [1.165, 1.54) is 0 Å². The molecule has 8 radical (unpaired) electrons. The second-order valence-corrected chi connectivity index (χ2v) is 11.3. The summed E-state index contributed by atoms with van der Waals surface area (Å²) in [6, 6.07) is 36.9. The lowest BCUT2D eigenvalue weighted by atomic mass is 9.66. The summed E-state index contributed by atoms with van der Waals surface area (Å²) in [5, 5.41) is 15.5. The second kappa shape index (κ2) is 10.8. The van der Waals surface area contributed by atoms with E-state index in [0.717, 1.165) is 54.9 Å². The Morgan fingerprint density at radius 2 is 1.09 bits per heavy atom. The fourth-order valence-electron chi connectivity index (χ4n) is 6.53. The van der Waals surface area contributed by atoms with Gasteiger partial charge in [-0.1, -0.05) is 89.8 Å². The number of hydrogen-bond acceptors (Lipinski definition) is 3. The Morgan fingerprint density at radius 3 is 1.76 bits per heavy atom. The summed E-state index contributed by atoms with van der Waals surface area (Å²) in [6.45, 7) is 0. The van der Waals surface area contributed by atoms with Crippen LogP contribution in [0.5, 0.6) is 5.75 Å². The van der Waals surface area contributed by atoms with Crippen molar-refractivity contribution in [1.29, 1.82) is 0 Å². The van der Waals surface area contributed by atoms with E-state index in [1.807, 2.05) is 65.2 Å². The van der Waals surface area contributed by atoms with Crippen LogP contribution in [0.15, 0.2) is 122 Å². The van der Waals surface area contributed by atoms with Gasteiger partial charge < -0.3 is 5.11 Å². The highest BCUT2D eigenvalue weighted by Gasteiger charge is 2.25. The van der Waals surface area contributed by atoms with Gasteiger partial charge >= 0.3 is 0 Å². The first-order valence-corrected chi connectivity index (χ1v) is 14.8. The molecule has 2 aromatic heterocycles. The summed E-state index contributed by atoms with van der Waals surface area (Å²) in [5.41, 5.74) is 7.17. The molecule has 206 valence electrons. The first kappa shape index (κ1) is 28.0. The monoisotopic (exact) mass is 579 g/mol. The fourth-order valence-corrected chi connectivity index (χ4v) is 6.53. The van der Waals surface area contributed by atoms with Crippen LogP contribution in [0, 0.1) is 0 Å². The van der Waals surface area contributed by atoms with Crippen molar-refractivity contribution in [3.05, 3.63) is 122 Å². The van der Waals surface area contributed by atoms with Crippen molar-refractivity contribution >= 4 is 85.8 Å². The zero-order valence-electron chi connectivity index (χ0n) is 24.6. The van der Waals surface area contributed by atoms with Crippen molar-refractivity contribution in [2.45, 2.75) is 0 Å². The summed E-state index contributed by atoms with van der Waals surface area (Å²) >= 11 is 0. The molecule has 0 aliphatic rings. The van der Waals surface area contributed by atoms with Crippen molar-refractivity contribution in [3.63, 3.8) is 0 Å². The predicted octanol–water partition coefficient (Wildman–Crippen LogP) is 4.61. The Kier molecular flexibility index (Phi) is 6.61. The molecule has 0 aliphatic heterocycles. The third kappa shape index (κ3) is 4.21. The van der Waals surface area contributed by atoms with Crippen LogP contribution in [0.3, 0.4) is 0 Å². The smallest absolute Gasteiger partial charge is 0.147 e. The minimum absolute atomic E-state index is 0.0374. The Balaban J connectivity index is 1.51. The summed E-state index contributed by atoms with van der Waals surface area (Å²) < 4.78 is 1.84. The molecule has 0 spiro atoms. The first-order chi connectivity index (χ1) is 22.4. The van der Waals surface area contributed by atoms with Gasteiger partial charge in [0.2, 0.25) is 0 Å². The van der Waals surface area contributed by atoms with Crippen LogP contribution in [0.1, 0.15) is 0 Å². The minimum Gasteiger partial charge on any atom is -0.506 e. The largest absolute Gasteiger partial charge is 0.506 e. The maximum Gasteiger partial charge on any atom is 0.147 e. The molecule has 8 aromatic rings. The molecule has 1 N–H and O–H groups in total. The molecule has 0 aliphatic carbocycles. The number of hydrogen-bond donors (Lipinski definition) is 1. The molecule has 0 unspecified atom stereocenters. The van der Waals surface area contributed by atoms with Crippen molar-refractivity contribution in [1.82, 2.24) is 14.5 Å². The van der Waals surface area contributed by atoms with Crippen LogP contribution < -0.4 is 21.9 Å². The van der Waals surface area contributed by atoms with Gasteiger partial charge in [0, 0.05) is 18.0 Å². The van der Waals surface area contributed by atoms with E-state index in [1.54, 1.807) is 12.4 Å². The predicted molar refractivity (Wildman–Crippen MR) is 193 cm³/mol. The normalized spacial score (nSPS) is 11.5. The van der Waals surface area contributed by atoms with Gasteiger partial charge in [0.15, 0.2) is 0 Å². The van der Waals surface area contributed by atoms with E-state index < -0.39 is 0 Å². The fraction of sp³-hybridized carbons (Fsp3) is 0. The first-order valence-electron chi connectivity index (χ1n) is 14.8. The summed E-state index contributed by atoms with van der Waals surface area (Å²) in [5.74, 6) is 0.322. The van der Waals surface area contributed by atoms with E-state index in [4.69, 9.17) is 36.4 Å². The Labute approximate surface area is 271 Å². The van der Waals surface area contributed by atoms with Gasteiger partial charge in [0.05, 0.1) is 16.7 Å². The number of aromatic hydroxyl groups is 1. The van der Waals surface area contributed by atoms with E-state index in [2.05, 4.69) is 53.5 Å². The molecule has 8 heteroatoms. The Hall–Kier alpha value is -5.48. The van der Waals surface area contributed by atoms with Gasteiger partial charge in [-0.15, -0.1) is 10.9 Å². The molecule has 2 heterocycles. The molecule has 0 atom stereocenters. The molecular weight excluding hydrogens is 558 g/mol. The summed E-state index contributed by atoms with van der Waals surface area (Å²) in [6.07, 6.45) is 3.61. The number of phenolic OH excluding ortho intramolecular Hbond substituents is 1. The molecule has 46 heavy (non-hydrogen) atoms. The number of phenols is 1. The van der Waals surface area contributed by atoms with Crippen LogP contribution in [0.25, 0.3) is 71.9 Å². The number of fused-ring (bicyclic) bond motifs is 3. The van der Waals surface area contributed by atoms with Crippen molar-refractivity contribution in [3.8, 4) is 45.1 Å². The number of aromatic nitrogens is 3. The molecule has 0 saturated heterocycles. The average Bonchev–Trinajstić information content (AvgIpc) is 3.48. The average molecular weight is 579 g/mol. The topological polar surface area (TPSA) is 50.9 Å². The van der Waals surface area contributed by atoms with Crippen LogP contribution in [0.2, 0.25) is 0 Å². The van der Waals surface area contributed by atoms with E-state index in [-0.39, 0.29) is 33.3 Å². The number of imidazole rings is 1. The highest BCUT2D eigenvalue weighted by Crippen LogP contribution is 2.45. The summed E-state index contributed by atoms with van der Waals surface area (Å²) in [7, 11) is 25.3. The molecule has 6 aromatic carbocycles. The van der Waals surface area contributed by atoms with Crippen LogP contribution >= 0.6 is 0 Å². The third-order valence-electron chi connectivity index (χ3n) is 8.71. The second-order valence-electron chi connectivity index (χ2n) is 11.3. The third-order valence-corrected chi connectivity index (χ3v) is 8.71. The molecular formula is C38H21B4N3O. The lowest BCUT2D eigenvalue weighted by molar-refractivity contribution is 0.478. The van der Waals surface area contributed by atoms with E-state index >= 15 is 0 Å². The number of pyridine rings is 1. The molecule has 0 bridgehead atoms. The highest BCUT2D eigenvalue weighted by atomic mass is 16.3. The number of nitrogens with zero attached hydrogens (tertiary/aromatic N) is 3. The van der Waals surface area contributed by atoms with E-state index in [9.17, 15) is 5.11 Å². The van der Waals surface area contributed by atoms with Crippen molar-refractivity contribution < 1.29 is 5.11 Å².